The van der Waals surface area contributed by atoms with Crippen LogP contribution < -0.4 is 5.32 Å². The second-order valence-electron chi connectivity index (χ2n) is 4.42. The number of thiazole rings is 1. The first-order valence-corrected chi connectivity index (χ1v) is 7.43. The topological polar surface area (TPSA) is 34.1 Å². The SMILES string of the molecule is CCNCc1sc(CCOCC)nc1C1CC1. The minimum atomic E-state index is 0.751. The van der Waals surface area contributed by atoms with Gasteiger partial charge in [0.05, 0.1) is 17.3 Å². The van der Waals surface area contributed by atoms with Gasteiger partial charge in [-0.15, -0.1) is 11.3 Å². The summed E-state index contributed by atoms with van der Waals surface area (Å²) in [5.41, 5.74) is 1.36. The van der Waals surface area contributed by atoms with Crippen LogP contribution in [-0.2, 0) is 17.7 Å². The van der Waals surface area contributed by atoms with Crippen LogP contribution in [0.5, 0.6) is 0 Å². The number of hydrogen-bond donors (Lipinski definition) is 1. The van der Waals surface area contributed by atoms with E-state index < -0.39 is 0 Å². The zero-order valence-corrected chi connectivity index (χ0v) is 11.6. The Morgan fingerprint density at radius 1 is 1.41 bits per heavy atom. The van der Waals surface area contributed by atoms with Crippen LogP contribution in [-0.4, -0.2) is 24.7 Å². The summed E-state index contributed by atoms with van der Waals surface area (Å²) in [6.07, 6.45) is 3.62. The molecule has 3 nitrogen and oxygen atoms in total. The van der Waals surface area contributed by atoms with E-state index in [0.29, 0.717) is 0 Å². The Hall–Kier alpha value is -0.450. The van der Waals surface area contributed by atoms with Gasteiger partial charge in [0.25, 0.3) is 0 Å². The van der Waals surface area contributed by atoms with Gasteiger partial charge in [-0.2, -0.15) is 0 Å². The van der Waals surface area contributed by atoms with E-state index in [9.17, 15) is 0 Å². The Kier molecular flexibility index (Phi) is 4.95. The van der Waals surface area contributed by atoms with Gasteiger partial charge in [-0.3, -0.25) is 0 Å². The summed E-state index contributed by atoms with van der Waals surface area (Å²) < 4.78 is 5.39. The van der Waals surface area contributed by atoms with Crippen LogP contribution >= 0.6 is 11.3 Å². The highest BCUT2D eigenvalue weighted by Crippen LogP contribution is 2.42. The molecule has 1 aromatic heterocycles. The standard InChI is InChI=1S/C13H22N2OS/c1-3-14-9-11-13(10-5-6-10)15-12(17-11)7-8-16-4-2/h10,14H,3-9H2,1-2H3. The molecular formula is C13H22N2OS. The van der Waals surface area contributed by atoms with Gasteiger partial charge in [0.15, 0.2) is 0 Å². The van der Waals surface area contributed by atoms with Crippen LogP contribution in [0.1, 0.15) is 48.2 Å². The maximum atomic E-state index is 5.39. The molecule has 0 saturated heterocycles. The average molecular weight is 254 g/mol. The maximum absolute atomic E-state index is 5.39. The molecule has 1 aliphatic rings. The van der Waals surface area contributed by atoms with Crippen LogP contribution in [0.15, 0.2) is 0 Å². The predicted octanol–water partition coefficient (Wildman–Crippen LogP) is 2.71. The smallest absolute Gasteiger partial charge is 0.0954 e. The van der Waals surface area contributed by atoms with E-state index in [1.165, 1.54) is 28.4 Å². The molecule has 1 aliphatic carbocycles. The Bertz CT molecular complexity index is 347. The minimum Gasteiger partial charge on any atom is -0.381 e. The molecule has 1 aromatic rings. The maximum Gasteiger partial charge on any atom is 0.0954 e. The molecule has 1 saturated carbocycles. The normalized spacial score (nSPS) is 15.4. The number of hydrogen-bond acceptors (Lipinski definition) is 4. The van der Waals surface area contributed by atoms with E-state index in [4.69, 9.17) is 9.72 Å². The lowest BCUT2D eigenvalue weighted by Crippen LogP contribution is -2.11. The lowest BCUT2D eigenvalue weighted by Gasteiger charge is -2.00. The van der Waals surface area contributed by atoms with Crippen molar-refractivity contribution in [3.8, 4) is 0 Å². The summed E-state index contributed by atoms with van der Waals surface area (Å²) >= 11 is 1.86. The molecule has 2 rings (SSSR count). The third kappa shape index (κ3) is 3.76. The number of nitrogens with zero attached hydrogens (tertiary/aromatic N) is 1. The lowest BCUT2D eigenvalue weighted by molar-refractivity contribution is 0.151. The molecule has 1 fully saturated rings. The van der Waals surface area contributed by atoms with Crippen molar-refractivity contribution in [1.29, 1.82) is 0 Å². The first-order chi connectivity index (χ1) is 8.35. The van der Waals surface area contributed by atoms with Gasteiger partial charge >= 0.3 is 0 Å². The third-order valence-electron chi connectivity index (χ3n) is 2.94. The van der Waals surface area contributed by atoms with E-state index >= 15 is 0 Å². The summed E-state index contributed by atoms with van der Waals surface area (Å²) in [5.74, 6) is 0.751. The van der Waals surface area contributed by atoms with Crippen molar-refractivity contribution in [3.63, 3.8) is 0 Å². The van der Waals surface area contributed by atoms with Crippen molar-refractivity contribution in [2.45, 2.75) is 45.6 Å². The fourth-order valence-electron chi connectivity index (χ4n) is 1.87. The molecule has 0 amide bonds. The van der Waals surface area contributed by atoms with Crippen molar-refractivity contribution in [1.82, 2.24) is 10.3 Å². The van der Waals surface area contributed by atoms with E-state index in [1.807, 2.05) is 18.3 Å². The molecule has 0 aromatic carbocycles. The van der Waals surface area contributed by atoms with Gasteiger partial charge in [-0.25, -0.2) is 4.98 Å². The number of nitrogens with one attached hydrogen (secondary N) is 1. The van der Waals surface area contributed by atoms with E-state index in [-0.39, 0.29) is 0 Å². The van der Waals surface area contributed by atoms with Gasteiger partial charge in [-0.05, 0) is 26.3 Å². The first kappa shape index (κ1) is 13.0. The highest BCUT2D eigenvalue weighted by molar-refractivity contribution is 7.11. The van der Waals surface area contributed by atoms with Gasteiger partial charge in [0.2, 0.25) is 0 Å². The van der Waals surface area contributed by atoms with Crippen LogP contribution in [0.3, 0.4) is 0 Å². The highest BCUT2D eigenvalue weighted by atomic mass is 32.1. The summed E-state index contributed by atoms with van der Waals surface area (Å²) in [4.78, 5) is 6.24. The van der Waals surface area contributed by atoms with Crippen LogP contribution in [0.4, 0.5) is 0 Å². The van der Waals surface area contributed by atoms with Crippen LogP contribution in [0.25, 0.3) is 0 Å². The second-order valence-corrected chi connectivity index (χ2v) is 5.59. The fraction of sp³-hybridized carbons (Fsp3) is 0.769. The molecule has 1 heterocycles. The Labute approximate surface area is 108 Å². The fourth-order valence-corrected chi connectivity index (χ4v) is 2.97. The van der Waals surface area contributed by atoms with Crippen LogP contribution in [0, 0.1) is 0 Å². The second kappa shape index (κ2) is 6.47. The minimum absolute atomic E-state index is 0.751. The number of ether oxygens (including phenoxy) is 1. The summed E-state index contributed by atoms with van der Waals surface area (Å²) in [5, 5.41) is 4.65. The lowest BCUT2D eigenvalue weighted by atomic mass is 10.2. The van der Waals surface area contributed by atoms with E-state index in [0.717, 1.165) is 38.6 Å². The van der Waals surface area contributed by atoms with Gasteiger partial charge in [0.1, 0.15) is 0 Å². The number of aromatic nitrogens is 1. The van der Waals surface area contributed by atoms with Gasteiger partial charge in [0, 0.05) is 30.4 Å². The highest BCUT2D eigenvalue weighted by Gasteiger charge is 2.29. The van der Waals surface area contributed by atoms with Crippen molar-refractivity contribution in [2.75, 3.05) is 19.8 Å². The predicted molar refractivity (Wildman–Crippen MR) is 71.7 cm³/mol. The molecule has 0 atom stereocenters. The van der Waals surface area contributed by atoms with Gasteiger partial charge in [-0.1, -0.05) is 6.92 Å². The molecule has 0 unspecified atom stereocenters. The first-order valence-electron chi connectivity index (χ1n) is 6.62. The Morgan fingerprint density at radius 3 is 2.88 bits per heavy atom. The largest absolute Gasteiger partial charge is 0.381 e. The molecule has 0 spiro atoms. The summed E-state index contributed by atoms with van der Waals surface area (Å²) in [6, 6.07) is 0. The molecule has 96 valence electrons. The Balaban J connectivity index is 1.97. The molecule has 0 bridgehead atoms. The van der Waals surface area contributed by atoms with E-state index in [1.54, 1.807) is 0 Å². The summed E-state index contributed by atoms with van der Waals surface area (Å²) in [6.45, 7) is 7.78. The molecule has 4 heteroatoms. The zero-order chi connectivity index (χ0) is 12.1. The molecular weight excluding hydrogens is 232 g/mol. The summed E-state index contributed by atoms with van der Waals surface area (Å²) in [7, 11) is 0. The van der Waals surface area contributed by atoms with Gasteiger partial charge < -0.3 is 10.1 Å². The third-order valence-corrected chi connectivity index (χ3v) is 4.07. The quantitative estimate of drug-likeness (QED) is 0.724. The average Bonchev–Trinajstić information content (AvgIpc) is 3.10. The Morgan fingerprint density at radius 2 is 2.24 bits per heavy atom. The molecule has 1 N–H and O–H groups in total. The molecule has 17 heavy (non-hydrogen) atoms. The molecule has 0 aliphatic heterocycles. The zero-order valence-electron chi connectivity index (χ0n) is 10.8. The van der Waals surface area contributed by atoms with E-state index in [2.05, 4.69) is 12.2 Å². The van der Waals surface area contributed by atoms with Crippen molar-refractivity contribution < 1.29 is 4.74 Å². The van der Waals surface area contributed by atoms with Crippen molar-refractivity contribution in [3.05, 3.63) is 15.6 Å². The van der Waals surface area contributed by atoms with Crippen molar-refractivity contribution >= 4 is 11.3 Å². The van der Waals surface area contributed by atoms with Crippen molar-refractivity contribution in [2.24, 2.45) is 0 Å². The monoisotopic (exact) mass is 254 g/mol. The molecule has 0 radical (unpaired) electrons. The number of rotatable bonds is 8. The van der Waals surface area contributed by atoms with Crippen LogP contribution in [0.2, 0.25) is 0 Å².